The maximum Gasteiger partial charge on any atom is 0.330 e. The Morgan fingerprint density at radius 2 is 1.86 bits per heavy atom. The second-order valence-electron chi connectivity index (χ2n) is 4.31. The van der Waals surface area contributed by atoms with Crippen LogP contribution in [0.2, 0.25) is 0 Å². The molecule has 0 saturated heterocycles. The molecule has 1 atom stereocenters. The van der Waals surface area contributed by atoms with E-state index in [0.717, 1.165) is 10.2 Å². The SMILES string of the molecule is COc1ccc(Br)c(C(Nc2ccc(Br)cc2)C(=O)O)c1. The molecule has 2 N–H and O–H groups in total. The molecule has 2 aromatic rings. The molecule has 4 nitrogen and oxygen atoms in total. The second kappa shape index (κ2) is 6.95. The number of hydrogen-bond donors (Lipinski definition) is 2. The second-order valence-corrected chi connectivity index (χ2v) is 6.08. The molecule has 0 bridgehead atoms. The van der Waals surface area contributed by atoms with Crippen LogP contribution >= 0.6 is 31.9 Å². The third-order valence-electron chi connectivity index (χ3n) is 2.92. The van der Waals surface area contributed by atoms with Crippen molar-refractivity contribution >= 4 is 43.5 Å². The Balaban J connectivity index is 2.35. The molecule has 0 radical (unpaired) electrons. The van der Waals surface area contributed by atoms with Crippen molar-refractivity contribution in [2.75, 3.05) is 12.4 Å². The number of ether oxygens (including phenoxy) is 1. The van der Waals surface area contributed by atoms with Crippen LogP contribution in [0.4, 0.5) is 5.69 Å². The Hall–Kier alpha value is -1.53. The van der Waals surface area contributed by atoms with E-state index in [1.54, 1.807) is 25.3 Å². The number of carboxylic acid groups (broad SMARTS) is 1. The zero-order chi connectivity index (χ0) is 15.4. The summed E-state index contributed by atoms with van der Waals surface area (Å²) >= 11 is 6.74. The van der Waals surface area contributed by atoms with Crippen molar-refractivity contribution in [3.8, 4) is 5.75 Å². The molecule has 0 spiro atoms. The summed E-state index contributed by atoms with van der Waals surface area (Å²) in [5.74, 6) is -0.357. The minimum Gasteiger partial charge on any atom is -0.497 e. The van der Waals surface area contributed by atoms with Crippen LogP contribution in [-0.4, -0.2) is 18.2 Å². The molecule has 0 saturated carbocycles. The average Bonchev–Trinajstić information content (AvgIpc) is 2.47. The normalized spacial score (nSPS) is 11.8. The Morgan fingerprint density at radius 3 is 2.43 bits per heavy atom. The summed E-state index contributed by atoms with van der Waals surface area (Å²) in [4.78, 5) is 11.6. The fraction of sp³-hybridized carbons (Fsp3) is 0.133. The molecule has 1 unspecified atom stereocenters. The molecular formula is C15H13Br2NO3. The number of carboxylic acids is 1. The zero-order valence-corrected chi connectivity index (χ0v) is 14.3. The van der Waals surface area contributed by atoms with Crippen LogP contribution in [0.3, 0.4) is 0 Å². The van der Waals surface area contributed by atoms with E-state index in [0.29, 0.717) is 15.8 Å². The number of rotatable bonds is 5. The number of carbonyl (C=O) groups is 1. The summed E-state index contributed by atoms with van der Waals surface area (Å²) in [7, 11) is 1.55. The lowest BCUT2D eigenvalue weighted by Crippen LogP contribution is -2.21. The van der Waals surface area contributed by atoms with Crippen molar-refractivity contribution in [3.63, 3.8) is 0 Å². The number of methoxy groups -OCH3 is 1. The first-order valence-corrected chi connectivity index (χ1v) is 7.68. The maximum atomic E-state index is 11.6. The molecule has 2 aromatic carbocycles. The predicted octanol–water partition coefficient (Wildman–Crippen LogP) is 4.46. The van der Waals surface area contributed by atoms with Crippen LogP contribution in [0.15, 0.2) is 51.4 Å². The van der Waals surface area contributed by atoms with E-state index in [-0.39, 0.29) is 0 Å². The summed E-state index contributed by atoms with van der Waals surface area (Å²) in [6, 6.07) is 11.7. The fourth-order valence-corrected chi connectivity index (χ4v) is 2.60. The molecule has 0 amide bonds. The van der Waals surface area contributed by atoms with Crippen LogP contribution in [0, 0.1) is 0 Å². The van der Waals surface area contributed by atoms with Crippen LogP contribution in [0.1, 0.15) is 11.6 Å². The van der Waals surface area contributed by atoms with Crippen LogP contribution in [0.5, 0.6) is 5.75 Å². The lowest BCUT2D eigenvalue weighted by Gasteiger charge is -2.18. The molecule has 6 heteroatoms. The summed E-state index contributed by atoms with van der Waals surface area (Å²) in [6.45, 7) is 0. The van der Waals surface area contributed by atoms with Crippen molar-refractivity contribution in [1.82, 2.24) is 0 Å². The van der Waals surface area contributed by atoms with Gasteiger partial charge in [0.25, 0.3) is 0 Å². The quantitative estimate of drug-likeness (QED) is 0.758. The highest BCUT2D eigenvalue weighted by Crippen LogP contribution is 2.30. The van der Waals surface area contributed by atoms with Crippen LogP contribution < -0.4 is 10.1 Å². The summed E-state index contributed by atoms with van der Waals surface area (Å²) in [6.07, 6.45) is 0. The first kappa shape index (κ1) is 15.9. The molecule has 0 aromatic heterocycles. The molecular weight excluding hydrogens is 402 g/mol. The molecule has 21 heavy (non-hydrogen) atoms. The smallest absolute Gasteiger partial charge is 0.330 e. The van der Waals surface area contributed by atoms with Crippen molar-refractivity contribution in [2.24, 2.45) is 0 Å². The van der Waals surface area contributed by atoms with Crippen molar-refractivity contribution in [1.29, 1.82) is 0 Å². The molecule has 0 aliphatic carbocycles. The van der Waals surface area contributed by atoms with Crippen molar-refractivity contribution in [2.45, 2.75) is 6.04 Å². The fourth-order valence-electron chi connectivity index (χ4n) is 1.86. The Bertz CT molecular complexity index is 644. The van der Waals surface area contributed by atoms with Crippen molar-refractivity contribution < 1.29 is 14.6 Å². The lowest BCUT2D eigenvalue weighted by molar-refractivity contribution is -0.138. The highest BCUT2D eigenvalue weighted by Gasteiger charge is 2.22. The van der Waals surface area contributed by atoms with E-state index < -0.39 is 12.0 Å². The molecule has 0 aliphatic rings. The molecule has 0 heterocycles. The van der Waals surface area contributed by atoms with Gasteiger partial charge in [0, 0.05) is 20.2 Å². The highest BCUT2D eigenvalue weighted by atomic mass is 79.9. The Kier molecular flexibility index (Phi) is 5.25. The summed E-state index contributed by atoms with van der Waals surface area (Å²) in [5.41, 5.74) is 1.32. The van der Waals surface area contributed by atoms with Gasteiger partial charge in [0.05, 0.1) is 7.11 Å². The molecule has 2 rings (SSSR count). The van der Waals surface area contributed by atoms with Gasteiger partial charge < -0.3 is 15.2 Å². The van der Waals surface area contributed by atoms with Gasteiger partial charge in [-0.05, 0) is 42.5 Å². The largest absolute Gasteiger partial charge is 0.497 e. The van der Waals surface area contributed by atoms with Gasteiger partial charge in [0.1, 0.15) is 5.75 Å². The minimum absolute atomic E-state index is 0.602. The predicted molar refractivity (Wildman–Crippen MR) is 88.8 cm³/mol. The van der Waals surface area contributed by atoms with Gasteiger partial charge in [0.15, 0.2) is 6.04 Å². The molecule has 110 valence electrons. The van der Waals surface area contributed by atoms with E-state index in [9.17, 15) is 9.90 Å². The summed E-state index contributed by atoms with van der Waals surface area (Å²) in [5, 5.41) is 12.5. The maximum absolute atomic E-state index is 11.6. The average molecular weight is 415 g/mol. The third kappa shape index (κ3) is 3.98. The molecule has 0 aliphatic heterocycles. The number of benzene rings is 2. The Labute approximate surface area is 139 Å². The van der Waals surface area contributed by atoms with Crippen LogP contribution in [-0.2, 0) is 4.79 Å². The zero-order valence-electron chi connectivity index (χ0n) is 11.1. The number of halogens is 2. The van der Waals surface area contributed by atoms with E-state index in [1.165, 1.54) is 0 Å². The van der Waals surface area contributed by atoms with Gasteiger partial charge in [-0.15, -0.1) is 0 Å². The van der Waals surface area contributed by atoms with E-state index in [1.807, 2.05) is 24.3 Å². The minimum atomic E-state index is -0.966. The third-order valence-corrected chi connectivity index (χ3v) is 4.17. The first-order chi connectivity index (χ1) is 10.0. The first-order valence-electron chi connectivity index (χ1n) is 6.09. The standard InChI is InChI=1S/C15H13Br2NO3/c1-21-11-6-7-13(17)12(8-11)14(15(19)20)18-10-4-2-9(16)3-5-10/h2-8,14,18H,1H3,(H,19,20). The van der Waals surface area contributed by atoms with Gasteiger partial charge in [-0.2, -0.15) is 0 Å². The lowest BCUT2D eigenvalue weighted by atomic mass is 10.1. The number of anilines is 1. The monoisotopic (exact) mass is 413 g/mol. The summed E-state index contributed by atoms with van der Waals surface area (Å²) < 4.78 is 6.80. The number of hydrogen-bond acceptors (Lipinski definition) is 3. The van der Waals surface area contributed by atoms with Crippen LogP contribution in [0.25, 0.3) is 0 Å². The van der Waals surface area contributed by atoms with Gasteiger partial charge in [-0.25, -0.2) is 4.79 Å². The number of nitrogens with one attached hydrogen (secondary N) is 1. The highest BCUT2D eigenvalue weighted by molar-refractivity contribution is 9.10. The van der Waals surface area contributed by atoms with Gasteiger partial charge in [-0.1, -0.05) is 31.9 Å². The van der Waals surface area contributed by atoms with Gasteiger partial charge >= 0.3 is 5.97 Å². The van der Waals surface area contributed by atoms with Gasteiger partial charge in [0.2, 0.25) is 0 Å². The van der Waals surface area contributed by atoms with E-state index >= 15 is 0 Å². The van der Waals surface area contributed by atoms with E-state index in [4.69, 9.17) is 4.74 Å². The van der Waals surface area contributed by atoms with Crippen molar-refractivity contribution in [3.05, 3.63) is 57.0 Å². The van der Waals surface area contributed by atoms with Gasteiger partial charge in [-0.3, -0.25) is 0 Å². The number of aliphatic carboxylic acids is 1. The van der Waals surface area contributed by atoms with E-state index in [2.05, 4.69) is 37.2 Å². The Morgan fingerprint density at radius 1 is 1.19 bits per heavy atom. The topological polar surface area (TPSA) is 58.6 Å². The molecule has 0 fully saturated rings.